The van der Waals surface area contributed by atoms with E-state index in [1.165, 1.54) is 7.11 Å². The average molecular weight is 233 g/mol. The summed E-state index contributed by atoms with van der Waals surface area (Å²) in [6, 6.07) is 0. The van der Waals surface area contributed by atoms with Crippen molar-refractivity contribution in [2.45, 2.75) is 13.8 Å². The maximum Gasteiger partial charge on any atom is 0.343 e. The molecule has 0 fully saturated rings. The predicted octanol–water partition coefficient (Wildman–Crippen LogP) is 1.54. The van der Waals surface area contributed by atoms with Gasteiger partial charge in [-0.25, -0.2) is 14.8 Å². The number of hydrogen-bond donors (Lipinski definition) is 0. The van der Waals surface area contributed by atoms with Gasteiger partial charge in [-0.1, -0.05) is 5.16 Å². The summed E-state index contributed by atoms with van der Waals surface area (Å²) >= 11 is 0. The van der Waals surface area contributed by atoms with Crippen LogP contribution in [0, 0.1) is 13.8 Å². The zero-order chi connectivity index (χ0) is 12.4. The number of methoxy groups -OCH3 is 1. The Hall–Kier alpha value is -2.24. The number of carbonyl (C=O) groups is 1. The van der Waals surface area contributed by atoms with E-state index in [1.807, 2.05) is 0 Å². The van der Waals surface area contributed by atoms with Crippen LogP contribution in [0.3, 0.4) is 0 Å². The van der Waals surface area contributed by atoms with E-state index in [0.29, 0.717) is 28.4 Å². The Kier molecular flexibility index (Phi) is 2.86. The van der Waals surface area contributed by atoms with Crippen molar-refractivity contribution in [3.63, 3.8) is 0 Å². The van der Waals surface area contributed by atoms with Gasteiger partial charge in [0.25, 0.3) is 0 Å². The van der Waals surface area contributed by atoms with Crippen LogP contribution >= 0.6 is 0 Å². The molecule has 0 aliphatic rings. The lowest BCUT2D eigenvalue weighted by Crippen LogP contribution is -2.04. The number of nitrogens with zero attached hydrogens (tertiary/aromatic N) is 3. The van der Waals surface area contributed by atoms with Gasteiger partial charge in [-0.15, -0.1) is 0 Å². The van der Waals surface area contributed by atoms with E-state index in [-0.39, 0.29) is 0 Å². The van der Waals surface area contributed by atoms with Crippen molar-refractivity contribution in [2.75, 3.05) is 7.11 Å². The molecule has 0 unspecified atom stereocenters. The molecule has 0 N–H and O–H groups in total. The van der Waals surface area contributed by atoms with E-state index in [1.54, 1.807) is 26.2 Å². The molecule has 0 amide bonds. The second-order valence-corrected chi connectivity index (χ2v) is 3.47. The molecule has 2 aromatic heterocycles. The SMILES string of the molecule is COC(=O)c1c(-c2cnc(C)nc2)noc1C. The molecule has 0 spiro atoms. The van der Waals surface area contributed by atoms with Crippen molar-refractivity contribution in [3.05, 3.63) is 29.5 Å². The third-order valence-electron chi connectivity index (χ3n) is 2.31. The van der Waals surface area contributed by atoms with Crippen molar-refractivity contribution in [1.29, 1.82) is 0 Å². The van der Waals surface area contributed by atoms with E-state index in [2.05, 4.69) is 19.9 Å². The van der Waals surface area contributed by atoms with E-state index >= 15 is 0 Å². The van der Waals surface area contributed by atoms with Gasteiger partial charge in [0.2, 0.25) is 0 Å². The first kappa shape index (κ1) is 11.3. The van der Waals surface area contributed by atoms with Crippen LogP contribution in [0.25, 0.3) is 11.3 Å². The summed E-state index contributed by atoms with van der Waals surface area (Å²) in [6.07, 6.45) is 3.18. The van der Waals surface area contributed by atoms with Crippen LogP contribution in [0.1, 0.15) is 21.9 Å². The summed E-state index contributed by atoms with van der Waals surface area (Å²) in [6.45, 7) is 3.43. The number of esters is 1. The second kappa shape index (κ2) is 4.32. The molecule has 0 radical (unpaired) electrons. The summed E-state index contributed by atoms with van der Waals surface area (Å²) in [5.74, 6) is 0.570. The summed E-state index contributed by atoms with van der Waals surface area (Å²) in [7, 11) is 1.31. The van der Waals surface area contributed by atoms with Crippen molar-refractivity contribution >= 4 is 5.97 Å². The topological polar surface area (TPSA) is 78.1 Å². The fraction of sp³-hybridized carbons (Fsp3) is 0.273. The van der Waals surface area contributed by atoms with Gasteiger partial charge in [0.15, 0.2) is 0 Å². The molecule has 0 aliphatic carbocycles. The maximum atomic E-state index is 11.6. The Morgan fingerprint density at radius 2 is 1.94 bits per heavy atom. The van der Waals surface area contributed by atoms with Gasteiger partial charge < -0.3 is 9.26 Å². The summed E-state index contributed by atoms with van der Waals surface area (Å²) in [5.41, 5.74) is 1.32. The summed E-state index contributed by atoms with van der Waals surface area (Å²) < 4.78 is 9.68. The molecular formula is C11H11N3O3. The third kappa shape index (κ3) is 2.01. The molecule has 0 bridgehead atoms. The number of rotatable bonds is 2. The Morgan fingerprint density at radius 1 is 1.29 bits per heavy atom. The van der Waals surface area contributed by atoms with Crippen LogP contribution in [0.4, 0.5) is 0 Å². The van der Waals surface area contributed by atoms with Crippen molar-refractivity contribution in [1.82, 2.24) is 15.1 Å². The number of hydrogen-bond acceptors (Lipinski definition) is 6. The predicted molar refractivity (Wildman–Crippen MR) is 58.3 cm³/mol. The number of aromatic nitrogens is 3. The third-order valence-corrected chi connectivity index (χ3v) is 2.31. The lowest BCUT2D eigenvalue weighted by atomic mass is 10.1. The Labute approximate surface area is 97.6 Å². The molecule has 0 aromatic carbocycles. The highest BCUT2D eigenvalue weighted by molar-refractivity contribution is 5.96. The van der Waals surface area contributed by atoms with Gasteiger partial charge in [0, 0.05) is 18.0 Å². The molecule has 17 heavy (non-hydrogen) atoms. The normalized spacial score (nSPS) is 10.3. The summed E-state index contributed by atoms with van der Waals surface area (Å²) in [5, 5.41) is 3.83. The number of aryl methyl sites for hydroxylation is 2. The highest BCUT2D eigenvalue weighted by Gasteiger charge is 2.22. The molecule has 2 heterocycles. The molecule has 0 saturated carbocycles. The second-order valence-electron chi connectivity index (χ2n) is 3.47. The summed E-state index contributed by atoms with van der Waals surface area (Å²) in [4.78, 5) is 19.7. The van der Waals surface area contributed by atoms with Crippen LogP contribution < -0.4 is 0 Å². The molecule has 0 atom stereocenters. The zero-order valence-corrected chi connectivity index (χ0v) is 9.72. The number of carbonyl (C=O) groups excluding carboxylic acids is 1. The maximum absolute atomic E-state index is 11.6. The quantitative estimate of drug-likeness (QED) is 0.732. The fourth-order valence-corrected chi connectivity index (χ4v) is 1.43. The van der Waals surface area contributed by atoms with Crippen molar-refractivity contribution in [3.8, 4) is 11.3 Å². The van der Waals surface area contributed by atoms with Crippen molar-refractivity contribution < 1.29 is 14.1 Å². The van der Waals surface area contributed by atoms with E-state index in [9.17, 15) is 4.79 Å². The minimum absolute atomic E-state index is 0.306. The first-order chi connectivity index (χ1) is 8.13. The van der Waals surface area contributed by atoms with Gasteiger partial charge in [0.05, 0.1) is 7.11 Å². The van der Waals surface area contributed by atoms with Crippen LogP contribution in [-0.2, 0) is 4.74 Å². The van der Waals surface area contributed by atoms with Gasteiger partial charge in [-0.05, 0) is 13.8 Å². The monoisotopic (exact) mass is 233 g/mol. The Balaban J connectivity index is 2.52. The fourth-order valence-electron chi connectivity index (χ4n) is 1.43. The molecule has 0 saturated heterocycles. The van der Waals surface area contributed by atoms with Gasteiger partial charge in [-0.2, -0.15) is 0 Å². The minimum Gasteiger partial charge on any atom is -0.465 e. The van der Waals surface area contributed by atoms with E-state index in [0.717, 1.165) is 0 Å². The Morgan fingerprint density at radius 3 is 2.53 bits per heavy atom. The van der Waals surface area contributed by atoms with Crippen LogP contribution in [0.5, 0.6) is 0 Å². The molecule has 88 valence electrons. The van der Waals surface area contributed by atoms with Gasteiger partial charge in [0.1, 0.15) is 22.8 Å². The van der Waals surface area contributed by atoms with Crippen molar-refractivity contribution in [2.24, 2.45) is 0 Å². The highest BCUT2D eigenvalue weighted by Crippen LogP contribution is 2.24. The van der Waals surface area contributed by atoms with Gasteiger partial charge >= 0.3 is 5.97 Å². The smallest absolute Gasteiger partial charge is 0.343 e. The standard InChI is InChI=1S/C11H11N3O3/c1-6-9(11(15)16-3)10(14-17-6)8-4-12-7(2)13-5-8/h4-5H,1-3H3. The molecular weight excluding hydrogens is 222 g/mol. The molecule has 0 aliphatic heterocycles. The molecule has 6 heteroatoms. The largest absolute Gasteiger partial charge is 0.465 e. The molecule has 2 aromatic rings. The minimum atomic E-state index is -0.487. The lowest BCUT2D eigenvalue weighted by molar-refractivity contribution is 0.0599. The first-order valence-electron chi connectivity index (χ1n) is 4.97. The van der Waals surface area contributed by atoms with Gasteiger partial charge in [-0.3, -0.25) is 0 Å². The van der Waals surface area contributed by atoms with E-state index in [4.69, 9.17) is 4.52 Å². The molecule has 2 rings (SSSR count). The zero-order valence-electron chi connectivity index (χ0n) is 9.72. The van der Waals surface area contributed by atoms with E-state index < -0.39 is 5.97 Å². The number of ether oxygens (including phenoxy) is 1. The Bertz CT molecular complexity index is 546. The lowest BCUT2D eigenvalue weighted by Gasteiger charge is -2.00. The molecule has 6 nitrogen and oxygen atoms in total. The van der Waals surface area contributed by atoms with Crippen LogP contribution in [-0.4, -0.2) is 28.2 Å². The highest BCUT2D eigenvalue weighted by atomic mass is 16.5. The first-order valence-corrected chi connectivity index (χ1v) is 4.97. The average Bonchev–Trinajstić information content (AvgIpc) is 2.71. The van der Waals surface area contributed by atoms with Crippen LogP contribution in [0.2, 0.25) is 0 Å². The van der Waals surface area contributed by atoms with Crippen LogP contribution in [0.15, 0.2) is 16.9 Å².